The second-order valence-electron chi connectivity index (χ2n) is 6.47. The third-order valence-corrected chi connectivity index (χ3v) is 3.18. The highest BCUT2D eigenvalue weighted by molar-refractivity contribution is 4.83. The van der Waals surface area contributed by atoms with Crippen LogP contribution in [-0.2, 0) is 0 Å². The Hall–Kier alpha value is -0.120. The van der Waals surface area contributed by atoms with Gasteiger partial charge in [-0.1, -0.05) is 20.8 Å². The van der Waals surface area contributed by atoms with E-state index in [4.69, 9.17) is 5.11 Å². The molecule has 0 aliphatic carbocycles. The van der Waals surface area contributed by atoms with Crippen LogP contribution in [0.2, 0.25) is 0 Å². The first-order valence-corrected chi connectivity index (χ1v) is 6.43. The zero-order chi connectivity index (χ0) is 12.2. The molecule has 16 heavy (non-hydrogen) atoms. The number of rotatable bonds is 4. The van der Waals surface area contributed by atoms with Gasteiger partial charge in [0.2, 0.25) is 0 Å². The largest absolute Gasteiger partial charge is 0.396 e. The van der Waals surface area contributed by atoms with Crippen molar-refractivity contribution >= 4 is 0 Å². The van der Waals surface area contributed by atoms with Gasteiger partial charge in [-0.2, -0.15) is 0 Å². The van der Waals surface area contributed by atoms with Crippen LogP contribution in [0.3, 0.4) is 0 Å². The number of aliphatic hydroxyl groups is 1. The highest BCUT2D eigenvalue weighted by Gasteiger charge is 2.25. The van der Waals surface area contributed by atoms with E-state index >= 15 is 0 Å². The van der Waals surface area contributed by atoms with Crippen molar-refractivity contribution in [2.45, 2.75) is 39.7 Å². The van der Waals surface area contributed by atoms with Crippen LogP contribution in [0.25, 0.3) is 0 Å². The van der Waals surface area contributed by atoms with Crippen LogP contribution < -0.4 is 5.32 Å². The third kappa shape index (κ3) is 5.28. The molecule has 0 amide bonds. The van der Waals surface area contributed by atoms with E-state index in [-0.39, 0.29) is 0 Å². The fourth-order valence-electron chi connectivity index (χ4n) is 2.43. The van der Waals surface area contributed by atoms with Gasteiger partial charge in [-0.05, 0) is 31.2 Å². The van der Waals surface area contributed by atoms with E-state index in [1.165, 1.54) is 6.42 Å². The molecular weight excluding hydrogens is 200 g/mol. The summed E-state index contributed by atoms with van der Waals surface area (Å²) < 4.78 is 0. The van der Waals surface area contributed by atoms with Gasteiger partial charge in [0.05, 0.1) is 0 Å². The molecule has 0 saturated carbocycles. The first kappa shape index (κ1) is 13.9. The van der Waals surface area contributed by atoms with Crippen molar-refractivity contribution in [1.82, 2.24) is 10.2 Å². The summed E-state index contributed by atoms with van der Waals surface area (Å²) in [4.78, 5) is 2.38. The van der Waals surface area contributed by atoms with E-state index in [1.807, 2.05) is 0 Å². The molecule has 0 radical (unpaired) electrons. The van der Waals surface area contributed by atoms with Crippen molar-refractivity contribution in [2.24, 2.45) is 11.3 Å². The molecule has 0 spiro atoms. The molecule has 1 aliphatic heterocycles. The summed E-state index contributed by atoms with van der Waals surface area (Å²) in [5, 5.41) is 12.7. The van der Waals surface area contributed by atoms with Crippen LogP contribution >= 0.6 is 0 Å². The molecule has 1 aliphatic rings. The second kappa shape index (κ2) is 5.99. The van der Waals surface area contributed by atoms with Gasteiger partial charge < -0.3 is 15.3 Å². The maximum Gasteiger partial charge on any atom is 0.0434 e. The molecule has 3 nitrogen and oxygen atoms in total. The van der Waals surface area contributed by atoms with E-state index < -0.39 is 0 Å². The van der Waals surface area contributed by atoms with Crippen LogP contribution in [0.15, 0.2) is 0 Å². The van der Waals surface area contributed by atoms with Crippen molar-refractivity contribution in [3.8, 4) is 0 Å². The molecule has 3 heteroatoms. The van der Waals surface area contributed by atoms with Gasteiger partial charge in [0.15, 0.2) is 0 Å². The summed E-state index contributed by atoms with van der Waals surface area (Å²) in [6.45, 7) is 10.4. The molecule has 2 unspecified atom stereocenters. The Labute approximate surface area is 100 Å². The Morgan fingerprint density at radius 3 is 2.56 bits per heavy atom. The lowest BCUT2D eigenvalue weighted by Crippen LogP contribution is -2.49. The van der Waals surface area contributed by atoms with Crippen LogP contribution in [-0.4, -0.2) is 49.3 Å². The lowest BCUT2D eigenvalue weighted by molar-refractivity contribution is 0.137. The Morgan fingerprint density at radius 2 is 2.00 bits per heavy atom. The van der Waals surface area contributed by atoms with E-state index in [0.29, 0.717) is 24.0 Å². The number of likely N-dealkylation sites (tertiary alicyclic amines) is 1. The molecule has 1 fully saturated rings. The van der Waals surface area contributed by atoms with Crippen molar-refractivity contribution in [1.29, 1.82) is 0 Å². The monoisotopic (exact) mass is 228 g/mol. The normalized spacial score (nSPS) is 28.3. The Balaban J connectivity index is 2.35. The molecule has 1 saturated heterocycles. The maximum absolute atomic E-state index is 9.01. The third-order valence-electron chi connectivity index (χ3n) is 3.18. The summed E-state index contributed by atoms with van der Waals surface area (Å²) in [6, 6.07) is 0.592. The SMILES string of the molecule is CN1CC(CCO)CC(NCC(C)(C)C)C1. The van der Waals surface area contributed by atoms with Gasteiger partial charge >= 0.3 is 0 Å². The minimum Gasteiger partial charge on any atom is -0.396 e. The number of piperidine rings is 1. The number of hydrogen-bond donors (Lipinski definition) is 2. The predicted octanol–water partition coefficient (Wildman–Crippen LogP) is 1.32. The lowest BCUT2D eigenvalue weighted by Gasteiger charge is -2.37. The summed E-state index contributed by atoms with van der Waals surface area (Å²) in [7, 11) is 2.18. The van der Waals surface area contributed by atoms with Gasteiger partial charge in [0.1, 0.15) is 0 Å². The topological polar surface area (TPSA) is 35.5 Å². The van der Waals surface area contributed by atoms with Crippen LogP contribution in [0.4, 0.5) is 0 Å². The Bertz CT molecular complexity index is 201. The smallest absolute Gasteiger partial charge is 0.0434 e. The highest BCUT2D eigenvalue weighted by atomic mass is 16.3. The molecule has 0 aromatic heterocycles. The fraction of sp³-hybridized carbons (Fsp3) is 1.00. The summed E-state index contributed by atoms with van der Waals surface area (Å²) >= 11 is 0. The molecular formula is C13H28N2O. The molecule has 1 rings (SSSR count). The minimum atomic E-state index is 0.324. The van der Waals surface area contributed by atoms with Gasteiger partial charge in [-0.25, -0.2) is 0 Å². The predicted molar refractivity (Wildman–Crippen MR) is 68.6 cm³/mol. The number of nitrogens with zero attached hydrogens (tertiary/aromatic N) is 1. The summed E-state index contributed by atoms with van der Waals surface area (Å²) in [5.74, 6) is 0.654. The van der Waals surface area contributed by atoms with Crippen molar-refractivity contribution < 1.29 is 5.11 Å². The average Bonchev–Trinajstić information content (AvgIpc) is 2.13. The van der Waals surface area contributed by atoms with Gasteiger partial charge in [-0.3, -0.25) is 0 Å². The van der Waals surface area contributed by atoms with Crippen LogP contribution in [0.1, 0.15) is 33.6 Å². The Morgan fingerprint density at radius 1 is 1.31 bits per heavy atom. The number of hydrogen-bond acceptors (Lipinski definition) is 3. The molecule has 96 valence electrons. The lowest BCUT2D eigenvalue weighted by atomic mass is 9.90. The quantitative estimate of drug-likeness (QED) is 0.762. The first-order valence-electron chi connectivity index (χ1n) is 6.43. The molecule has 1 heterocycles. The number of aliphatic hydroxyl groups excluding tert-OH is 1. The Kier molecular flexibility index (Phi) is 5.22. The van der Waals surface area contributed by atoms with E-state index in [0.717, 1.165) is 26.1 Å². The zero-order valence-corrected chi connectivity index (χ0v) is 11.3. The van der Waals surface area contributed by atoms with Gasteiger partial charge in [-0.15, -0.1) is 0 Å². The van der Waals surface area contributed by atoms with Crippen molar-refractivity contribution in [3.63, 3.8) is 0 Å². The standard InChI is InChI=1S/C13H28N2O/c1-13(2,3)10-14-12-7-11(5-6-16)8-15(4)9-12/h11-12,14,16H,5-10H2,1-4H3. The molecule has 2 atom stereocenters. The minimum absolute atomic E-state index is 0.324. The highest BCUT2D eigenvalue weighted by Crippen LogP contribution is 2.20. The van der Waals surface area contributed by atoms with Crippen molar-refractivity contribution in [3.05, 3.63) is 0 Å². The first-order chi connectivity index (χ1) is 7.40. The van der Waals surface area contributed by atoms with E-state index in [9.17, 15) is 0 Å². The van der Waals surface area contributed by atoms with E-state index in [1.54, 1.807) is 0 Å². The molecule has 0 aromatic carbocycles. The molecule has 0 aromatic rings. The van der Waals surface area contributed by atoms with Gasteiger partial charge in [0, 0.05) is 32.3 Å². The summed E-state index contributed by atoms with van der Waals surface area (Å²) in [6.07, 6.45) is 2.15. The molecule has 0 bridgehead atoms. The van der Waals surface area contributed by atoms with Gasteiger partial charge in [0.25, 0.3) is 0 Å². The zero-order valence-electron chi connectivity index (χ0n) is 11.3. The number of nitrogens with one attached hydrogen (secondary N) is 1. The van der Waals surface area contributed by atoms with Crippen molar-refractivity contribution in [2.75, 3.05) is 33.3 Å². The molecule has 2 N–H and O–H groups in total. The van der Waals surface area contributed by atoms with Crippen LogP contribution in [0.5, 0.6) is 0 Å². The average molecular weight is 228 g/mol. The van der Waals surface area contributed by atoms with E-state index in [2.05, 4.69) is 38.0 Å². The second-order valence-corrected chi connectivity index (χ2v) is 6.47. The number of likely N-dealkylation sites (N-methyl/N-ethyl adjacent to an activating group) is 1. The van der Waals surface area contributed by atoms with Crippen LogP contribution in [0, 0.1) is 11.3 Å². The fourth-order valence-corrected chi connectivity index (χ4v) is 2.43. The maximum atomic E-state index is 9.01. The summed E-state index contributed by atoms with van der Waals surface area (Å²) in [5.41, 5.74) is 0.350.